The minimum atomic E-state index is -0.0132. The Labute approximate surface area is 114 Å². The fraction of sp³-hybridized carbons (Fsp3) is 0.500. The summed E-state index contributed by atoms with van der Waals surface area (Å²) in [4.78, 5) is 11.5. The Bertz CT molecular complexity index is 344. The molecule has 0 aliphatic rings. The van der Waals surface area contributed by atoms with Crippen LogP contribution in [-0.2, 0) is 14.3 Å². The molecular formula is C14H22N2O3. The molecule has 0 aliphatic carbocycles. The highest BCUT2D eigenvalue weighted by Gasteiger charge is 1.99. The van der Waals surface area contributed by atoms with E-state index in [4.69, 9.17) is 9.47 Å². The smallest absolute Gasteiger partial charge is 0.239 e. The summed E-state index contributed by atoms with van der Waals surface area (Å²) in [5, 5.41) is 5.88. The lowest BCUT2D eigenvalue weighted by Gasteiger charge is -2.08. The molecule has 0 fully saturated rings. The molecule has 0 bridgehead atoms. The third-order valence-electron chi connectivity index (χ3n) is 2.45. The third-order valence-corrected chi connectivity index (χ3v) is 2.45. The molecule has 1 aromatic carbocycles. The van der Waals surface area contributed by atoms with Crippen LogP contribution in [0, 0.1) is 0 Å². The van der Waals surface area contributed by atoms with Crippen LogP contribution in [0.25, 0.3) is 0 Å². The van der Waals surface area contributed by atoms with Gasteiger partial charge in [-0.15, -0.1) is 0 Å². The third kappa shape index (κ3) is 8.18. The first-order valence-electron chi connectivity index (χ1n) is 6.45. The average molecular weight is 266 g/mol. The molecule has 5 nitrogen and oxygen atoms in total. The largest absolute Gasteiger partial charge is 0.382 e. The number of rotatable bonds is 10. The second kappa shape index (κ2) is 10.3. The first-order valence-corrected chi connectivity index (χ1v) is 6.45. The Morgan fingerprint density at radius 1 is 1.16 bits per heavy atom. The van der Waals surface area contributed by atoms with Crippen molar-refractivity contribution in [1.29, 1.82) is 0 Å². The van der Waals surface area contributed by atoms with Gasteiger partial charge in [0.1, 0.15) is 0 Å². The molecule has 0 atom stereocenters. The van der Waals surface area contributed by atoms with Gasteiger partial charge < -0.3 is 20.1 Å². The molecule has 0 saturated carbocycles. The minimum Gasteiger partial charge on any atom is -0.382 e. The lowest BCUT2D eigenvalue weighted by molar-refractivity contribution is -0.119. The first-order chi connectivity index (χ1) is 9.33. The fourth-order valence-corrected chi connectivity index (χ4v) is 1.45. The fourth-order valence-electron chi connectivity index (χ4n) is 1.45. The van der Waals surface area contributed by atoms with Crippen molar-refractivity contribution in [2.75, 3.05) is 45.3 Å². The predicted molar refractivity (Wildman–Crippen MR) is 75.3 cm³/mol. The van der Waals surface area contributed by atoms with Crippen molar-refractivity contribution in [1.82, 2.24) is 5.32 Å². The highest BCUT2D eigenvalue weighted by Crippen LogP contribution is 2.03. The standard InChI is InChI=1S/C14H22N2O3/c1-18-10-11-19-9-5-8-15-14(17)12-16-13-6-3-2-4-7-13/h2-4,6-7,16H,5,8-12H2,1H3,(H,15,17). The summed E-state index contributed by atoms with van der Waals surface area (Å²) in [6.07, 6.45) is 0.806. The quantitative estimate of drug-likeness (QED) is 0.626. The Balaban J connectivity index is 1.96. The predicted octanol–water partition coefficient (Wildman–Crippen LogP) is 1.27. The number of anilines is 1. The van der Waals surface area contributed by atoms with Crippen LogP contribution in [0.5, 0.6) is 0 Å². The van der Waals surface area contributed by atoms with Gasteiger partial charge in [-0.1, -0.05) is 18.2 Å². The lowest BCUT2D eigenvalue weighted by atomic mass is 10.3. The number of para-hydroxylation sites is 1. The Morgan fingerprint density at radius 2 is 1.95 bits per heavy atom. The van der Waals surface area contributed by atoms with E-state index in [1.165, 1.54) is 0 Å². The summed E-state index contributed by atoms with van der Waals surface area (Å²) in [5.74, 6) is -0.0132. The molecule has 0 saturated heterocycles. The van der Waals surface area contributed by atoms with Crippen molar-refractivity contribution >= 4 is 11.6 Å². The highest BCUT2D eigenvalue weighted by atomic mass is 16.5. The van der Waals surface area contributed by atoms with E-state index < -0.39 is 0 Å². The van der Waals surface area contributed by atoms with E-state index in [0.717, 1.165) is 12.1 Å². The van der Waals surface area contributed by atoms with E-state index in [1.807, 2.05) is 30.3 Å². The van der Waals surface area contributed by atoms with Crippen LogP contribution >= 0.6 is 0 Å². The molecule has 2 N–H and O–H groups in total. The molecule has 0 heterocycles. The number of nitrogens with one attached hydrogen (secondary N) is 2. The van der Waals surface area contributed by atoms with Gasteiger partial charge in [-0.3, -0.25) is 4.79 Å². The molecule has 1 aromatic rings. The number of ether oxygens (including phenoxy) is 2. The molecule has 1 amide bonds. The molecule has 0 aliphatic heterocycles. The number of benzene rings is 1. The van der Waals surface area contributed by atoms with Gasteiger partial charge in [-0.2, -0.15) is 0 Å². The molecule has 0 aromatic heterocycles. The van der Waals surface area contributed by atoms with Crippen LogP contribution in [0.3, 0.4) is 0 Å². The SMILES string of the molecule is COCCOCCCNC(=O)CNc1ccccc1. The minimum absolute atomic E-state index is 0.0132. The van der Waals surface area contributed by atoms with Crippen LogP contribution in [0.2, 0.25) is 0 Å². The zero-order chi connectivity index (χ0) is 13.8. The number of amides is 1. The summed E-state index contributed by atoms with van der Waals surface area (Å²) >= 11 is 0. The van der Waals surface area contributed by atoms with Crippen LogP contribution < -0.4 is 10.6 Å². The topological polar surface area (TPSA) is 59.6 Å². The van der Waals surface area contributed by atoms with E-state index in [-0.39, 0.29) is 12.5 Å². The van der Waals surface area contributed by atoms with Crippen molar-refractivity contribution in [2.24, 2.45) is 0 Å². The van der Waals surface area contributed by atoms with E-state index in [2.05, 4.69) is 10.6 Å². The average Bonchev–Trinajstić information content (AvgIpc) is 2.45. The Hall–Kier alpha value is -1.59. The van der Waals surface area contributed by atoms with Crippen molar-refractivity contribution in [2.45, 2.75) is 6.42 Å². The van der Waals surface area contributed by atoms with Gasteiger partial charge in [0.05, 0.1) is 19.8 Å². The normalized spacial score (nSPS) is 10.2. The Kier molecular flexibility index (Phi) is 8.42. The Morgan fingerprint density at radius 3 is 2.68 bits per heavy atom. The van der Waals surface area contributed by atoms with Crippen LogP contribution in [-0.4, -0.2) is 45.9 Å². The maximum atomic E-state index is 11.5. The van der Waals surface area contributed by atoms with Crippen molar-refractivity contribution < 1.29 is 14.3 Å². The summed E-state index contributed by atoms with van der Waals surface area (Å²) < 4.78 is 10.2. The summed E-state index contributed by atoms with van der Waals surface area (Å²) in [5.41, 5.74) is 0.945. The van der Waals surface area contributed by atoms with Crippen molar-refractivity contribution in [3.63, 3.8) is 0 Å². The van der Waals surface area contributed by atoms with E-state index in [9.17, 15) is 4.79 Å². The molecule has 0 radical (unpaired) electrons. The number of methoxy groups -OCH3 is 1. The van der Waals surface area contributed by atoms with Gasteiger partial charge >= 0.3 is 0 Å². The second-order valence-corrected chi connectivity index (χ2v) is 4.03. The monoisotopic (exact) mass is 266 g/mol. The van der Waals surface area contributed by atoms with Gasteiger partial charge in [0.15, 0.2) is 0 Å². The molecule has 19 heavy (non-hydrogen) atoms. The maximum Gasteiger partial charge on any atom is 0.239 e. The zero-order valence-electron chi connectivity index (χ0n) is 11.4. The molecule has 106 valence electrons. The molecular weight excluding hydrogens is 244 g/mol. The van der Waals surface area contributed by atoms with E-state index in [0.29, 0.717) is 26.4 Å². The summed E-state index contributed by atoms with van der Waals surface area (Å²) in [7, 11) is 1.64. The summed E-state index contributed by atoms with van der Waals surface area (Å²) in [6.45, 7) is 2.75. The number of hydrogen-bond donors (Lipinski definition) is 2. The van der Waals surface area contributed by atoms with Gasteiger partial charge in [0.25, 0.3) is 0 Å². The van der Waals surface area contributed by atoms with Gasteiger partial charge in [0, 0.05) is 25.9 Å². The van der Waals surface area contributed by atoms with E-state index >= 15 is 0 Å². The van der Waals surface area contributed by atoms with Crippen molar-refractivity contribution in [3.05, 3.63) is 30.3 Å². The number of hydrogen-bond acceptors (Lipinski definition) is 4. The van der Waals surface area contributed by atoms with Crippen molar-refractivity contribution in [3.8, 4) is 0 Å². The number of carbonyl (C=O) groups is 1. The van der Waals surface area contributed by atoms with Gasteiger partial charge in [-0.05, 0) is 18.6 Å². The zero-order valence-corrected chi connectivity index (χ0v) is 11.4. The van der Waals surface area contributed by atoms with Crippen LogP contribution in [0.15, 0.2) is 30.3 Å². The lowest BCUT2D eigenvalue weighted by Crippen LogP contribution is -2.31. The van der Waals surface area contributed by atoms with Gasteiger partial charge in [0.2, 0.25) is 5.91 Å². The maximum absolute atomic E-state index is 11.5. The number of carbonyl (C=O) groups excluding carboxylic acids is 1. The van der Waals surface area contributed by atoms with Gasteiger partial charge in [-0.25, -0.2) is 0 Å². The summed E-state index contributed by atoms with van der Waals surface area (Å²) in [6, 6.07) is 9.65. The second-order valence-electron chi connectivity index (χ2n) is 4.03. The first kappa shape index (κ1) is 15.5. The van der Waals surface area contributed by atoms with Crippen LogP contribution in [0.1, 0.15) is 6.42 Å². The molecule has 0 spiro atoms. The molecule has 0 unspecified atom stereocenters. The molecule has 5 heteroatoms. The highest BCUT2D eigenvalue weighted by molar-refractivity contribution is 5.80. The van der Waals surface area contributed by atoms with Crippen LogP contribution in [0.4, 0.5) is 5.69 Å². The van der Waals surface area contributed by atoms with E-state index in [1.54, 1.807) is 7.11 Å². The molecule has 1 rings (SSSR count).